The molecule has 20 heavy (non-hydrogen) atoms. The van der Waals surface area contributed by atoms with Crippen molar-refractivity contribution in [2.75, 3.05) is 0 Å². The van der Waals surface area contributed by atoms with Gasteiger partial charge in [0.1, 0.15) is 19.0 Å². The number of nitrogens with zero attached hydrogens (tertiary/aromatic N) is 8. The summed E-state index contributed by atoms with van der Waals surface area (Å²) in [6.07, 6.45) is 4.06. The molecule has 2 heterocycles. The van der Waals surface area contributed by atoms with Crippen LogP contribution in [0, 0.1) is 0 Å². The maximum absolute atomic E-state index is 4.20. The predicted molar refractivity (Wildman–Crippen MR) is 69.3 cm³/mol. The maximum Gasteiger partial charge on any atom is 0.272 e. The van der Waals surface area contributed by atoms with Gasteiger partial charge >= 0.3 is 0 Å². The Morgan fingerprint density at radius 1 is 0.700 bits per heavy atom. The molecule has 0 radical (unpaired) electrons. The van der Waals surface area contributed by atoms with E-state index in [2.05, 4.69) is 40.1 Å². The summed E-state index contributed by atoms with van der Waals surface area (Å²) in [7, 11) is 0. The molecule has 3 rings (SSSR count). The van der Waals surface area contributed by atoms with Crippen molar-refractivity contribution in [3.05, 3.63) is 49.3 Å². The lowest BCUT2D eigenvalue weighted by Gasteiger charge is -1.98. The fraction of sp³-hybridized carbons (Fsp3) is 0. The second-order valence-corrected chi connectivity index (χ2v) is 3.61. The Hall–Kier alpha value is -3.16. The van der Waals surface area contributed by atoms with E-state index in [-0.39, 0.29) is 11.9 Å². The lowest BCUT2D eigenvalue weighted by Crippen LogP contribution is -1.90. The molecule has 1 aromatic carbocycles. The summed E-state index contributed by atoms with van der Waals surface area (Å²) in [6, 6.07) is 9.55. The van der Waals surface area contributed by atoms with Gasteiger partial charge in [-0.2, -0.15) is 19.9 Å². The van der Waals surface area contributed by atoms with Crippen molar-refractivity contribution in [2.45, 2.75) is 0 Å². The Morgan fingerprint density at radius 2 is 1.40 bits per heavy atom. The van der Waals surface area contributed by atoms with Crippen LogP contribution in [0.4, 0.5) is 11.9 Å². The molecule has 0 unspecified atom stereocenters. The quantitative estimate of drug-likeness (QED) is 0.671. The van der Waals surface area contributed by atoms with Crippen LogP contribution in [0.25, 0.3) is 11.4 Å². The molecule has 0 fully saturated rings. The van der Waals surface area contributed by atoms with E-state index in [9.17, 15) is 0 Å². The summed E-state index contributed by atoms with van der Waals surface area (Å²) in [5.74, 6) is 0.922. The normalized spacial score (nSPS) is 10.8. The van der Waals surface area contributed by atoms with Crippen molar-refractivity contribution < 1.29 is 0 Å². The van der Waals surface area contributed by atoms with E-state index >= 15 is 0 Å². The first-order valence-corrected chi connectivity index (χ1v) is 5.70. The van der Waals surface area contributed by atoms with Crippen LogP contribution < -0.4 is 0 Å². The van der Waals surface area contributed by atoms with E-state index in [1.54, 1.807) is 0 Å². The van der Waals surface area contributed by atoms with Gasteiger partial charge in [-0.25, -0.2) is 9.97 Å². The summed E-state index contributed by atoms with van der Waals surface area (Å²) in [5, 5.41) is 7.69. The summed E-state index contributed by atoms with van der Waals surface area (Å²) in [6.45, 7) is 0. The van der Waals surface area contributed by atoms with Gasteiger partial charge in [-0.1, -0.05) is 30.3 Å². The standard InChI is InChI=1S/C12H8N8/c1-2-4-9(5-3-1)10-14-8-17-12(18-10)20-19-11-15-6-13-7-16-11/h1-8H. The molecule has 0 aliphatic carbocycles. The summed E-state index contributed by atoms with van der Waals surface area (Å²) in [4.78, 5) is 23.6. The second kappa shape index (κ2) is 5.65. The average molecular weight is 264 g/mol. The Bertz CT molecular complexity index is 714. The van der Waals surface area contributed by atoms with E-state index in [1.807, 2.05) is 30.3 Å². The van der Waals surface area contributed by atoms with Gasteiger partial charge in [0.25, 0.3) is 11.9 Å². The zero-order valence-corrected chi connectivity index (χ0v) is 10.2. The molecular weight excluding hydrogens is 256 g/mol. The van der Waals surface area contributed by atoms with Gasteiger partial charge in [-0.05, 0) is 0 Å². The molecule has 96 valence electrons. The molecule has 3 aromatic rings. The first-order valence-electron chi connectivity index (χ1n) is 5.70. The zero-order valence-electron chi connectivity index (χ0n) is 10.2. The second-order valence-electron chi connectivity index (χ2n) is 3.61. The molecule has 0 aliphatic heterocycles. The SMILES string of the molecule is c1ccc(-c2ncnc(N=Nc3ncncn3)n2)cc1. The topological polar surface area (TPSA) is 102 Å². The first kappa shape index (κ1) is 11.9. The fourth-order valence-electron chi connectivity index (χ4n) is 1.44. The number of benzene rings is 1. The van der Waals surface area contributed by atoms with Crippen molar-refractivity contribution in [3.8, 4) is 11.4 Å². The lowest BCUT2D eigenvalue weighted by molar-refractivity contribution is 0.962. The number of azo groups is 1. The highest BCUT2D eigenvalue weighted by molar-refractivity contribution is 5.54. The van der Waals surface area contributed by atoms with E-state index in [0.717, 1.165) is 5.56 Å². The van der Waals surface area contributed by atoms with Crippen LogP contribution in [0.5, 0.6) is 0 Å². The fourth-order valence-corrected chi connectivity index (χ4v) is 1.44. The molecule has 0 bridgehead atoms. The highest BCUT2D eigenvalue weighted by Gasteiger charge is 2.02. The van der Waals surface area contributed by atoms with Gasteiger partial charge < -0.3 is 0 Å². The third-order valence-corrected chi connectivity index (χ3v) is 2.30. The maximum atomic E-state index is 4.20. The summed E-state index contributed by atoms with van der Waals surface area (Å²) >= 11 is 0. The number of rotatable bonds is 3. The van der Waals surface area contributed by atoms with Gasteiger partial charge in [0, 0.05) is 5.56 Å². The highest BCUT2D eigenvalue weighted by atomic mass is 15.3. The predicted octanol–water partition coefficient (Wildman–Crippen LogP) is 2.14. The van der Waals surface area contributed by atoms with E-state index in [0.29, 0.717) is 5.82 Å². The van der Waals surface area contributed by atoms with Crippen LogP contribution in [0.2, 0.25) is 0 Å². The van der Waals surface area contributed by atoms with Gasteiger partial charge in [0.05, 0.1) is 0 Å². The van der Waals surface area contributed by atoms with Crippen molar-refractivity contribution in [2.24, 2.45) is 10.2 Å². The van der Waals surface area contributed by atoms with Gasteiger partial charge in [-0.15, -0.1) is 10.2 Å². The average Bonchev–Trinajstić information content (AvgIpc) is 2.55. The van der Waals surface area contributed by atoms with Crippen LogP contribution in [0.15, 0.2) is 59.5 Å². The molecule has 8 nitrogen and oxygen atoms in total. The monoisotopic (exact) mass is 264 g/mol. The van der Waals surface area contributed by atoms with Crippen molar-refractivity contribution >= 4 is 11.9 Å². The summed E-state index contributed by atoms with van der Waals surface area (Å²) in [5.41, 5.74) is 0.881. The van der Waals surface area contributed by atoms with E-state index in [1.165, 1.54) is 19.0 Å². The molecule has 2 aromatic heterocycles. The third kappa shape index (κ3) is 2.80. The molecule has 8 heteroatoms. The molecule has 0 saturated heterocycles. The first-order chi connectivity index (χ1) is 9.92. The van der Waals surface area contributed by atoms with E-state index < -0.39 is 0 Å². The van der Waals surface area contributed by atoms with Gasteiger partial charge in [0.2, 0.25) is 0 Å². The van der Waals surface area contributed by atoms with Crippen LogP contribution in [-0.2, 0) is 0 Å². The number of hydrogen-bond donors (Lipinski definition) is 0. The van der Waals surface area contributed by atoms with Gasteiger partial charge in [0.15, 0.2) is 5.82 Å². The minimum Gasteiger partial charge on any atom is -0.225 e. The minimum absolute atomic E-state index is 0.194. The molecule has 0 aliphatic rings. The van der Waals surface area contributed by atoms with E-state index in [4.69, 9.17) is 0 Å². The molecule has 0 spiro atoms. The molecule has 0 amide bonds. The van der Waals surface area contributed by atoms with Gasteiger partial charge in [-0.3, -0.25) is 0 Å². The number of hydrogen-bond acceptors (Lipinski definition) is 8. The van der Waals surface area contributed by atoms with Crippen LogP contribution >= 0.6 is 0 Å². The van der Waals surface area contributed by atoms with Crippen LogP contribution in [-0.4, -0.2) is 29.9 Å². The number of aromatic nitrogens is 6. The van der Waals surface area contributed by atoms with Crippen LogP contribution in [0.3, 0.4) is 0 Å². The molecule has 0 N–H and O–H groups in total. The molecule has 0 saturated carbocycles. The Morgan fingerprint density at radius 3 is 2.20 bits per heavy atom. The van der Waals surface area contributed by atoms with Crippen molar-refractivity contribution in [1.29, 1.82) is 0 Å². The Balaban J connectivity index is 1.87. The molecular formula is C12H8N8. The Labute approximate surface area is 113 Å². The summed E-state index contributed by atoms with van der Waals surface area (Å²) < 4.78 is 0. The smallest absolute Gasteiger partial charge is 0.225 e. The molecule has 0 atom stereocenters. The largest absolute Gasteiger partial charge is 0.272 e. The Kier molecular flexibility index (Phi) is 3.36. The lowest BCUT2D eigenvalue weighted by atomic mass is 10.2. The van der Waals surface area contributed by atoms with Crippen molar-refractivity contribution in [3.63, 3.8) is 0 Å². The zero-order chi connectivity index (χ0) is 13.6. The van der Waals surface area contributed by atoms with Crippen molar-refractivity contribution in [1.82, 2.24) is 29.9 Å². The third-order valence-electron chi connectivity index (χ3n) is 2.30. The minimum atomic E-state index is 0.194. The van der Waals surface area contributed by atoms with Crippen LogP contribution in [0.1, 0.15) is 0 Å². The highest BCUT2D eigenvalue weighted by Crippen LogP contribution is 2.16.